The Bertz CT molecular complexity index is 1030. The van der Waals surface area contributed by atoms with Gasteiger partial charge in [-0.25, -0.2) is 9.69 Å². The third-order valence-corrected chi connectivity index (χ3v) is 4.24. The molecule has 1 aliphatic rings. The lowest BCUT2D eigenvalue weighted by Gasteiger charge is -2.26. The van der Waals surface area contributed by atoms with E-state index in [1.54, 1.807) is 12.1 Å². The third-order valence-electron chi connectivity index (χ3n) is 4.00. The molecule has 0 unspecified atom stereocenters. The van der Waals surface area contributed by atoms with Gasteiger partial charge in [-0.3, -0.25) is 14.9 Å². The SMILES string of the molecule is C[C@@H](Oc1ccc(/C=C2/C(=O)NC(=O)N(c3cccc(Cl)c3)C2=O)cc1)C(=O)[O-]. The Balaban J connectivity index is 1.87. The Morgan fingerprint density at radius 3 is 2.48 bits per heavy atom. The van der Waals surface area contributed by atoms with E-state index in [4.69, 9.17) is 16.3 Å². The molecule has 1 saturated heterocycles. The number of rotatable bonds is 5. The first-order chi connectivity index (χ1) is 13.8. The van der Waals surface area contributed by atoms with Crippen LogP contribution in [0.2, 0.25) is 5.02 Å². The Kier molecular flexibility index (Phi) is 5.65. The van der Waals surface area contributed by atoms with E-state index in [1.165, 1.54) is 49.4 Å². The number of carbonyl (C=O) groups excluding carboxylic acids is 4. The summed E-state index contributed by atoms with van der Waals surface area (Å²) in [6.07, 6.45) is 0.176. The fourth-order valence-electron chi connectivity index (χ4n) is 2.57. The molecule has 2 aromatic carbocycles. The number of carboxylic acid groups (broad SMARTS) is 1. The minimum Gasteiger partial charge on any atom is -0.546 e. The van der Waals surface area contributed by atoms with Gasteiger partial charge in [0.15, 0.2) is 0 Å². The molecule has 1 N–H and O–H groups in total. The van der Waals surface area contributed by atoms with E-state index in [2.05, 4.69) is 5.32 Å². The molecule has 8 nitrogen and oxygen atoms in total. The van der Waals surface area contributed by atoms with Crippen LogP contribution in [0.25, 0.3) is 6.08 Å². The first-order valence-corrected chi connectivity index (χ1v) is 8.78. The summed E-state index contributed by atoms with van der Waals surface area (Å²) in [5.74, 6) is -2.71. The van der Waals surface area contributed by atoms with Crippen molar-refractivity contribution in [1.82, 2.24) is 5.32 Å². The number of halogens is 1. The van der Waals surface area contributed by atoms with Gasteiger partial charge in [-0.2, -0.15) is 0 Å². The number of carbonyl (C=O) groups is 4. The number of hydrogen-bond donors (Lipinski definition) is 1. The minimum absolute atomic E-state index is 0.221. The number of ether oxygens (including phenoxy) is 1. The van der Waals surface area contributed by atoms with Crippen molar-refractivity contribution in [3.05, 3.63) is 64.7 Å². The molecule has 0 spiro atoms. The fourth-order valence-corrected chi connectivity index (χ4v) is 2.75. The lowest BCUT2D eigenvalue weighted by atomic mass is 10.1. The van der Waals surface area contributed by atoms with Crippen LogP contribution in [0.15, 0.2) is 54.1 Å². The molecule has 1 fully saturated rings. The number of imide groups is 2. The Labute approximate surface area is 170 Å². The average molecular weight is 414 g/mol. The van der Waals surface area contributed by atoms with Crippen molar-refractivity contribution in [1.29, 1.82) is 0 Å². The molecule has 2 aromatic rings. The van der Waals surface area contributed by atoms with Crippen molar-refractivity contribution in [3.63, 3.8) is 0 Å². The van der Waals surface area contributed by atoms with Gasteiger partial charge < -0.3 is 14.6 Å². The first-order valence-electron chi connectivity index (χ1n) is 8.41. The number of nitrogens with one attached hydrogen (secondary N) is 1. The van der Waals surface area contributed by atoms with Crippen molar-refractivity contribution < 1.29 is 29.0 Å². The summed E-state index contributed by atoms with van der Waals surface area (Å²) < 4.78 is 5.17. The number of hydrogen-bond acceptors (Lipinski definition) is 6. The molecule has 1 aliphatic heterocycles. The Morgan fingerprint density at radius 1 is 1.17 bits per heavy atom. The lowest BCUT2D eigenvalue weighted by Crippen LogP contribution is -2.54. The molecule has 148 valence electrons. The number of urea groups is 1. The molecule has 0 saturated carbocycles. The van der Waals surface area contributed by atoms with Gasteiger partial charge in [0.05, 0.1) is 11.7 Å². The van der Waals surface area contributed by atoms with Crippen LogP contribution in [0.5, 0.6) is 5.75 Å². The maximum atomic E-state index is 12.8. The molecule has 0 aliphatic carbocycles. The molecular formula is C20H14ClN2O6-. The molecule has 4 amide bonds. The van der Waals surface area contributed by atoms with Gasteiger partial charge in [-0.1, -0.05) is 29.8 Å². The predicted octanol–water partition coefficient (Wildman–Crippen LogP) is 1.52. The normalized spacial score (nSPS) is 16.6. The van der Waals surface area contributed by atoms with Crippen LogP contribution in [-0.2, 0) is 14.4 Å². The average Bonchev–Trinajstić information content (AvgIpc) is 2.66. The van der Waals surface area contributed by atoms with Crippen molar-refractivity contribution in [2.24, 2.45) is 0 Å². The number of carboxylic acids is 1. The zero-order valence-electron chi connectivity index (χ0n) is 15.0. The zero-order chi connectivity index (χ0) is 21.1. The molecule has 9 heteroatoms. The number of benzene rings is 2. The van der Waals surface area contributed by atoms with E-state index in [0.29, 0.717) is 10.6 Å². The molecule has 0 aromatic heterocycles. The van der Waals surface area contributed by atoms with Gasteiger partial charge in [-0.15, -0.1) is 0 Å². The first kappa shape index (κ1) is 20.1. The highest BCUT2D eigenvalue weighted by molar-refractivity contribution is 6.39. The van der Waals surface area contributed by atoms with E-state index in [1.807, 2.05) is 0 Å². The summed E-state index contributed by atoms with van der Waals surface area (Å²) in [5, 5.41) is 13.2. The Hall–Kier alpha value is -3.65. The second-order valence-electron chi connectivity index (χ2n) is 6.09. The molecule has 0 bridgehead atoms. The van der Waals surface area contributed by atoms with Crippen molar-refractivity contribution >= 4 is 47.2 Å². The third kappa shape index (κ3) is 4.44. The van der Waals surface area contributed by atoms with Crippen LogP contribution in [0.4, 0.5) is 10.5 Å². The van der Waals surface area contributed by atoms with E-state index in [9.17, 15) is 24.3 Å². The van der Waals surface area contributed by atoms with Crippen molar-refractivity contribution in [2.45, 2.75) is 13.0 Å². The van der Waals surface area contributed by atoms with Crippen LogP contribution in [0, 0.1) is 0 Å². The van der Waals surface area contributed by atoms with E-state index in [-0.39, 0.29) is 17.0 Å². The van der Waals surface area contributed by atoms with E-state index < -0.39 is 29.9 Å². The molecule has 3 rings (SSSR count). The number of aliphatic carboxylic acids is 1. The lowest BCUT2D eigenvalue weighted by molar-refractivity contribution is -0.312. The number of amides is 4. The van der Waals surface area contributed by atoms with Gasteiger partial charge in [0.1, 0.15) is 17.4 Å². The molecule has 1 heterocycles. The molecule has 29 heavy (non-hydrogen) atoms. The maximum absolute atomic E-state index is 12.8. The van der Waals surface area contributed by atoms with Gasteiger partial charge in [-0.05, 0) is 48.9 Å². The van der Waals surface area contributed by atoms with E-state index >= 15 is 0 Å². The highest BCUT2D eigenvalue weighted by atomic mass is 35.5. The smallest absolute Gasteiger partial charge is 0.335 e. The van der Waals surface area contributed by atoms with Gasteiger partial charge >= 0.3 is 6.03 Å². The monoisotopic (exact) mass is 413 g/mol. The fraction of sp³-hybridized carbons (Fsp3) is 0.100. The van der Waals surface area contributed by atoms with Crippen molar-refractivity contribution in [2.75, 3.05) is 4.90 Å². The molecule has 1 atom stereocenters. The maximum Gasteiger partial charge on any atom is 0.335 e. The van der Waals surface area contributed by atoms with Gasteiger partial charge in [0.25, 0.3) is 11.8 Å². The molecule has 0 radical (unpaired) electrons. The van der Waals surface area contributed by atoms with Gasteiger partial charge in [0.2, 0.25) is 0 Å². The summed E-state index contributed by atoms with van der Waals surface area (Å²) in [5.41, 5.74) is 0.442. The van der Waals surface area contributed by atoms with Crippen LogP contribution >= 0.6 is 11.6 Å². The number of anilines is 1. The Morgan fingerprint density at radius 2 is 1.86 bits per heavy atom. The van der Waals surface area contributed by atoms with Gasteiger partial charge in [0, 0.05) is 5.02 Å². The largest absolute Gasteiger partial charge is 0.546 e. The predicted molar refractivity (Wildman–Crippen MR) is 102 cm³/mol. The molecular weight excluding hydrogens is 400 g/mol. The highest BCUT2D eigenvalue weighted by Gasteiger charge is 2.36. The second kappa shape index (κ2) is 8.15. The van der Waals surface area contributed by atoms with Crippen molar-refractivity contribution in [3.8, 4) is 5.75 Å². The number of barbiturate groups is 1. The minimum atomic E-state index is -1.36. The van der Waals surface area contributed by atoms with Crippen LogP contribution in [0.1, 0.15) is 12.5 Å². The standard InChI is InChI=1S/C20H15ClN2O6/c1-11(19(26)27)29-15-7-5-12(6-8-15)9-16-17(24)22-20(28)23(18(16)25)14-4-2-3-13(21)10-14/h2-11H,1H3,(H,26,27)(H,22,24,28)/p-1/b16-9-/t11-/m1/s1. The van der Waals surface area contributed by atoms with E-state index in [0.717, 1.165) is 4.90 Å². The van der Waals surface area contributed by atoms with Crippen LogP contribution < -0.4 is 20.1 Å². The topological polar surface area (TPSA) is 116 Å². The quantitative estimate of drug-likeness (QED) is 0.587. The zero-order valence-corrected chi connectivity index (χ0v) is 15.8. The number of nitrogens with zero attached hydrogens (tertiary/aromatic N) is 1. The van der Waals surface area contributed by atoms with Crippen LogP contribution in [-0.4, -0.2) is 29.9 Å². The summed E-state index contributed by atoms with van der Waals surface area (Å²) >= 11 is 5.92. The van der Waals surface area contributed by atoms with Crippen LogP contribution in [0.3, 0.4) is 0 Å². The summed E-state index contributed by atoms with van der Waals surface area (Å²) in [6.45, 7) is 1.33. The summed E-state index contributed by atoms with van der Waals surface area (Å²) in [4.78, 5) is 48.7. The second-order valence-corrected chi connectivity index (χ2v) is 6.52. The summed E-state index contributed by atoms with van der Waals surface area (Å²) in [6, 6.07) is 11.3. The highest BCUT2D eigenvalue weighted by Crippen LogP contribution is 2.25. The summed E-state index contributed by atoms with van der Waals surface area (Å²) in [7, 11) is 0.